The van der Waals surface area contributed by atoms with E-state index in [0.29, 0.717) is 19.2 Å². The lowest BCUT2D eigenvalue weighted by atomic mass is 9.87. The Balaban J connectivity index is 1.99. The van der Waals surface area contributed by atoms with E-state index in [9.17, 15) is 9.59 Å². The average Bonchev–Trinajstić information content (AvgIpc) is 3.16. The molecule has 5 heteroatoms. The van der Waals surface area contributed by atoms with Gasteiger partial charge >= 0.3 is 5.97 Å². The third-order valence-electron chi connectivity index (χ3n) is 3.86. The van der Waals surface area contributed by atoms with Gasteiger partial charge in [-0.15, -0.1) is 0 Å². The molecule has 2 rings (SSSR count). The van der Waals surface area contributed by atoms with Crippen LogP contribution in [0.4, 0.5) is 0 Å². The van der Waals surface area contributed by atoms with Crippen LogP contribution in [0.25, 0.3) is 0 Å². The molecule has 116 valence electrons. The van der Waals surface area contributed by atoms with Crippen LogP contribution in [0.3, 0.4) is 0 Å². The van der Waals surface area contributed by atoms with Gasteiger partial charge in [-0.05, 0) is 56.0 Å². The lowest BCUT2D eigenvalue weighted by Gasteiger charge is -2.26. The van der Waals surface area contributed by atoms with Gasteiger partial charge < -0.3 is 4.74 Å². The fourth-order valence-electron chi connectivity index (χ4n) is 2.18. The maximum absolute atomic E-state index is 12.5. The summed E-state index contributed by atoms with van der Waals surface area (Å²) in [6.45, 7) is 6.46. The highest BCUT2D eigenvalue weighted by Crippen LogP contribution is 2.30. The summed E-state index contributed by atoms with van der Waals surface area (Å²) in [5.41, 5.74) is 0.159. The lowest BCUT2D eigenvalue weighted by Crippen LogP contribution is -2.42. The van der Waals surface area contributed by atoms with Gasteiger partial charge in [0.1, 0.15) is 5.41 Å². The highest BCUT2D eigenvalue weighted by atomic mass is 32.1. The van der Waals surface area contributed by atoms with Crippen LogP contribution in [0.5, 0.6) is 0 Å². The Morgan fingerprint density at radius 3 is 2.67 bits per heavy atom. The molecule has 0 saturated heterocycles. The van der Waals surface area contributed by atoms with Gasteiger partial charge in [-0.3, -0.25) is 14.5 Å². The van der Waals surface area contributed by atoms with Crippen molar-refractivity contribution in [1.29, 1.82) is 0 Å². The molecule has 1 fully saturated rings. The van der Waals surface area contributed by atoms with Crippen molar-refractivity contribution in [2.45, 2.75) is 46.2 Å². The van der Waals surface area contributed by atoms with E-state index in [0.717, 1.165) is 19.4 Å². The average molecular weight is 309 g/mol. The minimum atomic E-state index is -1.07. The summed E-state index contributed by atoms with van der Waals surface area (Å²) in [4.78, 5) is 26.6. The number of nitrogens with zero attached hydrogens (tertiary/aromatic N) is 1. The van der Waals surface area contributed by atoms with Crippen LogP contribution in [-0.4, -0.2) is 35.8 Å². The molecule has 4 nitrogen and oxygen atoms in total. The highest BCUT2D eigenvalue weighted by Gasteiger charge is 2.40. The second-order valence-electron chi connectivity index (χ2n) is 6.04. The first-order valence-electron chi connectivity index (χ1n) is 7.40. The zero-order chi connectivity index (χ0) is 15.5. The Bertz CT molecular complexity index is 492. The quantitative estimate of drug-likeness (QED) is 0.547. The van der Waals surface area contributed by atoms with Gasteiger partial charge in [0.05, 0.1) is 13.2 Å². The summed E-state index contributed by atoms with van der Waals surface area (Å²) in [5.74, 6) is -0.496. The maximum Gasteiger partial charge on any atom is 0.319 e. The standard InChI is InChI=1S/C16H23NO3S/c1-4-20-15(19)16(2,3)14(18)10-17(13-5-6-13)9-12-7-8-21-11-12/h7-8,11,13H,4-6,9-10H2,1-3H3. The number of ketones is 1. The molecule has 1 aromatic heterocycles. The van der Waals surface area contributed by atoms with Crippen LogP contribution >= 0.6 is 11.3 Å². The number of carbonyl (C=O) groups excluding carboxylic acids is 2. The predicted octanol–water partition coefficient (Wildman–Crippen LogP) is 2.87. The van der Waals surface area contributed by atoms with Gasteiger partial charge in [-0.25, -0.2) is 0 Å². The molecule has 1 aliphatic carbocycles. The third kappa shape index (κ3) is 4.14. The number of carbonyl (C=O) groups is 2. The van der Waals surface area contributed by atoms with Gasteiger partial charge in [0.15, 0.2) is 5.78 Å². The van der Waals surface area contributed by atoms with E-state index in [4.69, 9.17) is 4.74 Å². The molecule has 0 atom stereocenters. The molecule has 0 aliphatic heterocycles. The number of thiophene rings is 1. The molecular weight excluding hydrogens is 286 g/mol. The summed E-state index contributed by atoms with van der Waals surface area (Å²) >= 11 is 1.66. The fourth-order valence-corrected chi connectivity index (χ4v) is 2.84. The molecule has 1 heterocycles. The minimum Gasteiger partial charge on any atom is -0.465 e. The highest BCUT2D eigenvalue weighted by molar-refractivity contribution is 7.07. The molecule has 0 unspecified atom stereocenters. The molecule has 0 N–H and O–H groups in total. The summed E-state index contributed by atoms with van der Waals surface area (Å²) in [5, 5.41) is 4.15. The molecule has 0 radical (unpaired) electrons. The zero-order valence-electron chi connectivity index (χ0n) is 12.9. The molecule has 1 aromatic rings. The molecule has 21 heavy (non-hydrogen) atoms. The van der Waals surface area contributed by atoms with E-state index in [1.54, 1.807) is 32.1 Å². The smallest absolute Gasteiger partial charge is 0.319 e. The van der Waals surface area contributed by atoms with Gasteiger partial charge in [0, 0.05) is 12.6 Å². The number of Topliss-reactive ketones (excluding diaryl/α,β-unsaturated/α-hetero) is 1. The Kier molecular flexibility index (Phi) is 5.17. The Morgan fingerprint density at radius 1 is 1.43 bits per heavy atom. The largest absolute Gasteiger partial charge is 0.465 e. The van der Waals surface area contributed by atoms with Crippen LogP contribution in [0, 0.1) is 5.41 Å². The van der Waals surface area contributed by atoms with E-state index in [2.05, 4.69) is 16.3 Å². The van der Waals surface area contributed by atoms with Crippen LogP contribution < -0.4 is 0 Å². The molecule has 0 bridgehead atoms. The Labute approximate surface area is 130 Å². The number of rotatable bonds is 8. The van der Waals surface area contributed by atoms with Crippen molar-refractivity contribution in [3.8, 4) is 0 Å². The van der Waals surface area contributed by atoms with Gasteiger partial charge in [0.2, 0.25) is 0 Å². The summed E-state index contributed by atoms with van der Waals surface area (Å²) in [6.07, 6.45) is 2.27. The van der Waals surface area contributed by atoms with E-state index in [1.165, 1.54) is 5.56 Å². The molecular formula is C16H23NO3S. The van der Waals surface area contributed by atoms with Crippen molar-refractivity contribution in [2.75, 3.05) is 13.2 Å². The van der Waals surface area contributed by atoms with Crippen molar-refractivity contribution in [2.24, 2.45) is 5.41 Å². The van der Waals surface area contributed by atoms with Crippen molar-refractivity contribution in [1.82, 2.24) is 4.90 Å². The summed E-state index contributed by atoms with van der Waals surface area (Å²) in [6, 6.07) is 2.56. The minimum absolute atomic E-state index is 0.0666. The van der Waals surface area contributed by atoms with Crippen molar-refractivity contribution in [3.63, 3.8) is 0 Å². The summed E-state index contributed by atoms with van der Waals surface area (Å²) < 4.78 is 5.01. The molecule has 0 spiro atoms. The van der Waals surface area contributed by atoms with E-state index >= 15 is 0 Å². The van der Waals surface area contributed by atoms with Crippen molar-refractivity contribution < 1.29 is 14.3 Å². The Morgan fingerprint density at radius 2 is 2.14 bits per heavy atom. The fraction of sp³-hybridized carbons (Fsp3) is 0.625. The normalized spacial score (nSPS) is 15.2. The topological polar surface area (TPSA) is 46.6 Å². The third-order valence-corrected chi connectivity index (χ3v) is 4.59. The van der Waals surface area contributed by atoms with Gasteiger partial charge in [0.25, 0.3) is 0 Å². The van der Waals surface area contributed by atoms with Crippen LogP contribution in [0.15, 0.2) is 16.8 Å². The van der Waals surface area contributed by atoms with Gasteiger partial charge in [-0.2, -0.15) is 11.3 Å². The number of hydrogen-bond donors (Lipinski definition) is 0. The van der Waals surface area contributed by atoms with Crippen LogP contribution in [-0.2, 0) is 20.9 Å². The van der Waals surface area contributed by atoms with Crippen LogP contribution in [0.1, 0.15) is 39.2 Å². The summed E-state index contributed by atoms with van der Waals surface area (Å²) in [7, 11) is 0. The second kappa shape index (κ2) is 6.71. The zero-order valence-corrected chi connectivity index (χ0v) is 13.7. The first-order valence-corrected chi connectivity index (χ1v) is 8.35. The first kappa shape index (κ1) is 16.2. The molecule has 0 aromatic carbocycles. The number of hydrogen-bond acceptors (Lipinski definition) is 5. The van der Waals surface area contributed by atoms with E-state index < -0.39 is 11.4 Å². The first-order chi connectivity index (χ1) is 9.95. The lowest BCUT2D eigenvalue weighted by molar-refractivity contribution is -0.158. The number of esters is 1. The molecule has 0 amide bonds. The molecule has 1 aliphatic rings. The van der Waals surface area contributed by atoms with Crippen molar-refractivity contribution in [3.05, 3.63) is 22.4 Å². The van der Waals surface area contributed by atoms with Crippen LogP contribution in [0.2, 0.25) is 0 Å². The Hall–Kier alpha value is -1.20. The van der Waals surface area contributed by atoms with E-state index in [1.807, 2.05) is 5.38 Å². The second-order valence-corrected chi connectivity index (χ2v) is 6.82. The predicted molar refractivity (Wildman–Crippen MR) is 83.2 cm³/mol. The molecule has 1 saturated carbocycles. The van der Waals surface area contributed by atoms with E-state index in [-0.39, 0.29) is 5.78 Å². The maximum atomic E-state index is 12.5. The SMILES string of the molecule is CCOC(=O)C(C)(C)C(=O)CN(Cc1ccsc1)C1CC1. The van der Waals surface area contributed by atoms with Crippen molar-refractivity contribution >= 4 is 23.1 Å². The van der Waals surface area contributed by atoms with Gasteiger partial charge in [-0.1, -0.05) is 0 Å². The number of ether oxygens (including phenoxy) is 1. The monoisotopic (exact) mass is 309 g/mol.